The molecule has 0 unspecified atom stereocenters. The minimum absolute atomic E-state index is 0.0547. The number of quaternary nitrogens is 1. The largest absolute Gasteiger partial charge is 0.456 e. The molecule has 0 saturated carbocycles. The second kappa shape index (κ2) is 6.82. The van der Waals surface area contributed by atoms with Crippen molar-refractivity contribution in [1.29, 1.82) is 0 Å². The highest BCUT2D eigenvalue weighted by molar-refractivity contribution is 6.04. The summed E-state index contributed by atoms with van der Waals surface area (Å²) in [5, 5.41) is 0. The van der Waals surface area contributed by atoms with Crippen molar-refractivity contribution in [1.82, 2.24) is 0 Å². The summed E-state index contributed by atoms with van der Waals surface area (Å²) in [5.41, 5.74) is 8.26. The Morgan fingerprint density at radius 1 is 0.654 bits per heavy atom. The summed E-state index contributed by atoms with van der Waals surface area (Å²) in [7, 11) is 0. The Labute approximate surface area is 152 Å². The predicted octanol–water partition coefficient (Wildman–Crippen LogP) is 3.66. The van der Waals surface area contributed by atoms with Gasteiger partial charge in [0.25, 0.3) is 0 Å². The maximum Gasteiger partial charge on any atom is 0.238 e. The van der Waals surface area contributed by atoms with Gasteiger partial charge in [0.2, 0.25) is 5.78 Å². The molecule has 3 heteroatoms. The van der Waals surface area contributed by atoms with Crippen LogP contribution in [-0.4, -0.2) is 5.78 Å². The molecule has 1 heterocycles. The minimum Gasteiger partial charge on any atom is -0.456 e. The zero-order valence-electron chi connectivity index (χ0n) is 14.2. The van der Waals surface area contributed by atoms with Gasteiger partial charge in [0.15, 0.2) is 5.70 Å². The first-order chi connectivity index (χ1) is 12.7. The molecule has 4 rings (SSSR count). The van der Waals surface area contributed by atoms with Crippen molar-refractivity contribution in [2.24, 2.45) is 0 Å². The first-order valence-electron chi connectivity index (χ1n) is 8.43. The molecule has 0 radical (unpaired) electrons. The van der Waals surface area contributed by atoms with Gasteiger partial charge in [-0.05, 0) is 29.4 Å². The molecule has 2 aromatic rings. The Hall–Kier alpha value is -3.43. The average Bonchev–Trinajstić information content (AvgIpc) is 2.71. The smallest absolute Gasteiger partial charge is 0.238 e. The highest BCUT2D eigenvalue weighted by Gasteiger charge is 2.18. The Bertz CT molecular complexity index is 949. The molecule has 0 spiro atoms. The van der Waals surface area contributed by atoms with E-state index in [4.69, 9.17) is 4.74 Å². The molecule has 3 N–H and O–H groups in total. The van der Waals surface area contributed by atoms with Gasteiger partial charge in [-0.2, -0.15) is 0 Å². The molecular formula is C23H18NO2+. The average molecular weight is 340 g/mol. The summed E-state index contributed by atoms with van der Waals surface area (Å²) in [4.78, 5) is 11.7. The van der Waals surface area contributed by atoms with Crippen LogP contribution in [0.4, 0.5) is 0 Å². The van der Waals surface area contributed by atoms with Gasteiger partial charge in [-0.15, -0.1) is 0 Å². The standard InChI is InChI=1S/C23H17NO2/c24-20-13-18(11-12-21(20)25)19-14-22(16-7-3-1-4-8-16)26-23(15-19)17-9-5-2-6-10-17/h1-15H,24H2/p+1. The Balaban J connectivity index is 1.85. The maximum atomic E-state index is 11.7. The molecule has 0 bridgehead atoms. The molecule has 1 aliphatic heterocycles. The second-order valence-corrected chi connectivity index (χ2v) is 6.13. The lowest BCUT2D eigenvalue weighted by atomic mass is 9.96. The first-order valence-corrected chi connectivity index (χ1v) is 8.43. The molecule has 0 aromatic heterocycles. The maximum absolute atomic E-state index is 11.7. The minimum atomic E-state index is -0.0547. The predicted molar refractivity (Wildman–Crippen MR) is 102 cm³/mol. The Morgan fingerprint density at radius 3 is 1.69 bits per heavy atom. The van der Waals surface area contributed by atoms with Crippen molar-refractivity contribution in [2.45, 2.75) is 0 Å². The van der Waals surface area contributed by atoms with Crippen LogP contribution in [0.3, 0.4) is 0 Å². The Kier molecular flexibility index (Phi) is 4.22. The van der Waals surface area contributed by atoms with Gasteiger partial charge >= 0.3 is 0 Å². The molecule has 0 amide bonds. The number of allylic oxidation sites excluding steroid dienone is 7. The van der Waals surface area contributed by atoms with E-state index in [0.29, 0.717) is 5.70 Å². The quantitative estimate of drug-likeness (QED) is 0.907. The molecule has 1 aliphatic carbocycles. The van der Waals surface area contributed by atoms with Gasteiger partial charge in [-0.3, -0.25) is 4.79 Å². The molecule has 26 heavy (non-hydrogen) atoms. The number of rotatable bonds is 2. The summed E-state index contributed by atoms with van der Waals surface area (Å²) >= 11 is 0. The van der Waals surface area contributed by atoms with Crippen LogP contribution in [0, 0.1) is 0 Å². The molecule has 2 aliphatic rings. The zero-order valence-corrected chi connectivity index (χ0v) is 14.2. The summed E-state index contributed by atoms with van der Waals surface area (Å²) in [5.74, 6) is 1.50. The van der Waals surface area contributed by atoms with E-state index in [9.17, 15) is 4.79 Å². The fourth-order valence-corrected chi connectivity index (χ4v) is 2.92. The molecule has 3 nitrogen and oxygen atoms in total. The molecule has 0 fully saturated rings. The van der Waals surface area contributed by atoms with Crippen LogP contribution in [0.15, 0.2) is 108 Å². The third-order valence-corrected chi connectivity index (χ3v) is 4.30. The number of carbonyl (C=O) groups is 1. The molecular weight excluding hydrogens is 322 g/mol. The molecule has 0 saturated heterocycles. The number of hydrogen-bond donors (Lipinski definition) is 1. The van der Waals surface area contributed by atoms with Gasteiger partial charge in [0.1, 0.15) is 11.5 Å². The van der Waals surface area contributed by atoms with Gasteiger partial charge in [-0.1, -0.05) is 66.7 Å². The molecule has 126 valence electrons. The van der Waals surface area contributed by atoms with E-state index in [1.807, 2.05) is 85.0 Å². The van der Waals surface area contributed by atoms with Crippen LogP contribution in [0.25, 0.3) is 11.5 Å². The Morgan fingerprint density at radius 2 is 1.19 bits per heavy atom. The molecule has 0 atom stereocenters. The van der Waals surface area contributed by atoms with Crippen molar-refractivity contribution >= 4 is 17.3 Å². The number of ketones is 1. The van der Waals surface area contributed by atoms with E-state index in [-0.39, 0.29) is 5.78 Å². The van der Waals surface area contributed by atoms with Crippen molar-refractivity contribution in [3.8, 4) is 0 Å². The van der Waals surface area contributed by atoms with E-state index in [2.05, 4.69) is 5.73 Å². The van der Waals surface area contributed by atoms with Crippen LogP contribution in [0.5, 0.6) is 0 Å². The van der Waals surface area contributed by atoms with Crippen LogP contribution in [0.2, 0.25) is 0 Å². The SMILES string of the molecule is [NH3+]C1=CC(=C2C=C(c3ccccc3)OC(c3ccccc3)=C2)C=CC1=O. The van der Waals surface area contributed by atoms with E-state index < -0.39 is 0 Å². The third kappa shape index (κ3) is 3.21. The first kappa shape index (κ1) is 16.1. The number of carbonyl (C=O) groups excluding carboxylic acids is 1. The number of hydrogen-bond acceptors (Lipinski definition) is 2. The van der Waals surface area contributed by atoms with E-state index >= 15 is 0 Å². The second-order valence-electron chi connectivity index (χ2n) is 6.13. The van der Waals surface area contributed by atoms with E-state index in [1.165, 1.54) is 0 Å². The summed E-state index contributed by atoms with van der Waals surface area (Å²) in [6, 6.07) is 20.0. The van der Waals surface area contributed by atoms with E-state index in [1.54, 1.807) is 6.08 Å². The van der Waals surface area contributed by atoms with Gasteiger partial charge in [0.05, 0.1) is 0 Å². The lowest BCUT2D eigenvalue weighted by Crippen LogP contribution is -2.51. The lowest BCUT2D eigenvalue weighted by molar-refractivity contribution is -0.297. The number of benzene rings is 2. The molecule has 2 aromatic carbocycles. The van der Waals surface area contributed by atoms with Gasteiger partial charge in [0, 0.05) is 17.2 Å². The fraction of sp³-hybridized carbons (Fsp3) is 0. The lowest BCUT2D eigenvalue weighted by Gasteiger charge is -2.20. The van der Waals surface area contributed by atoms with Crippen LogP contribution in [-0.2, 0) is 9.53 Å². The van der Waals surface area contributed by atoms with Crippen molar-refractivity contribution in [2.75, 3.05) is 0 Å². The van der Waals surface area contributed by atoms with Crippen molar-refractivity contribution in [3.63, 3.8) is 0 Å². The topological polar surface area (TPSA) is 53.9 Å². The summed E-state index contributed by atoms with van der Waals surface area (Å²) in [6.07, 6.45) is 9.21. The normalized spacial score (nSPS) is 16.7. The highest BCUT2D eigenvalue weighted by Crippen LogP contribution is 2.34. The zero-order chi connectivity index (χ0) is 17.9. The van der Waals surface area contributed by atoms with Crippen molar-refractivity contribution in [3.05, 3.63) is 119 Å². The summed E-state index contributed by atoms with van der Waals surface area (Å²) < 4.78 is 6.19. The van der Waals surface area contributed by atoms with Crippen molar-refractivity contribution < 1.29 is 15.3 Å². The van der Waals surface area contributed by atoms with Crippen LogP contribution < -0.4 is 5.73 Å². The highest BCUT2D eigenvalue weighted by atomic mass is 16.5. The fourth-order valence-electron chi connectivity index (χ4n) is 2.92. The van der Waals surface area contributed by atoms with E-state index in [0.717, 1.165) is 33.8 Å². The van der Waals surface area contributed by atoms with Gasteiger partial charge < -0.3 is 10.5 Å². The monoisotopic (exact) mass is 340 g/mol. The summed E-state index contributed by atoms with van der Waals surface area (Å²) in [6.45, 7) is 0. The number of ether oxygens (including phenoxy) is 1. The van der Waals surface area contributed by atoms with Crippen LogP contribution in [0.1, 0.15) is 11.1 Å². The van der Waals surface area contributed by atoms with Crippen LogP contribution >= 0.6 is 0 Å². The third-order valence-electron chi connectivity index (χ3n) is 4.30. The van der Waals surface area contributed by atoms with Gasteiger partial charge in [-0.25, -0.2) is 0 Å².